The van der Waals surface area contributed by atoms with Gasteiger partial charge in [-0.1, -0.05) is 7.43 Å². The van der Waals surface area contributed by atoms with Crippen molar-refractivity contribution in [1.82, 2.24) is 0 Å². The summed E-state index contributed by atoms with van der Waals surface area (Å²) in [6, 6.07) is 0. The molecular weight excluding hydrogens is 148 g/mol. The second-order valence-electron chi connectivity index (χ2n) is 1.99. The molecule has 0 fully saturated rings. The van der Waals surface area contributed by atoms with Crippen LogP contribution in [0.4, 0.5) is 0 Å². The van der Waals surface area contributed by atoms with Crippen molar-refractivity contribution in [3.63, 3.8) is 0 Å². The molecule has 0 saturated carbocycles. The largest absolute Gasteiger partial charge is 0.481 e. The molecule has 0 aliphatic heterocycles. The monoisotopic (exact) mass is 162 g/mol. The molecule has 0 aliphatic carbocycles. The predicted molar refractivity (Wildman–Crippen MR) is 40.5 cm³/mol. The van der Waals surface area contributed by atoms with Crippen molar-refractivity contribution in [2.45, 2.75) is 33.1 Å². The summed E-state index contributed by atoms with van der Waals surface area (Å²) in [7, 11) is 0. The molecule has 0 atom stereocenters. The minimum Gasteiger partial charge on any atom is -0.481 e. The van der Waals surface area contributed by atoms with Crippen LogP contribution in [0.1, 0.15) is 33.1 Å². The van der Waals surface area contributed by atoms with E-state index in [0.29, 0.717) is 12.8 Å². The van der Waals surface area contributed by atoms with Crippen molar-refractivity contribution >= 4 is 11.9 Å². The molecule has 0 aromatic heterocycles. The molecule has 0 radical (unpaired) electrons. The van der Waals surface area contributed by atoms with Gasteiger partial charge in [0.05, 0.1) is 0 Å². The first-order valence-corrected chi connectivity index (χ1v) is 3.06. The highest BCUT2D eigenvalue weighted by atomic mass is 16.4. The molecule has 11 heavy (non-hydrogen) atoms. The van der Waals surface area contributed by atoms with Crippen LogP contribution in [0.3, 0.4) is 0 Å². The second kappa shape index (κ2) is 7.05. The average Bonchev–Trinajstić information content (AvgIpc) is 1.79. The van der Waals surface area contributed by atoms with Gasteiger partial charge in [-0.3, -0.25) is 9.59 Å². The van der Waals surface area contributed by atoms with E-state index < -0.39 is 11.9 Å². The summed E-state index contributed by atoms with van der Waals surface area (Å²) in [5, 5.41) is 16.3. The Morgan fingerprint density at radius 3 is 1.36 bits per heavy atom. The number of carboxylic acids is 2. The molecule has 0 bridgehead atoms. The van der Waals surface area contributed by atoms with Gasteiger partial charge in [0, 0.05) is 12.8 Å². The Morgan fingerprint density at radius 2 is 1.18 bits per heavy atom. The summed E-state index contributed by atoms with van der Waals surface area (Å²) in [5.41, 5.74) is 0. The first kappa shape index (κ1) is 12.6. The molecule has 0 rings (SSSR count). The number of carboxylic acid groups (broad SMARTS) is 2. The fraction of sp³-hybridized carbons (Fsp3) is 0.714. The number of hydrogen-bond acceptors (Lipinski definition) is 2. The van der Waals surface area contributed by atoms with Crippen LogP contribution in [0, 0.1) is 0 Å². The van der Waals surface area contributed by atoms with E-state index in [2.05, 4.69) is 0 Å². The van der Waals surface area contributed by atoms with Crippen molar-refractivity contribution in [3.8, 4) is 0 Å². The van der Waals surface area contributed by atoms with Gasteiger partial charge in [-0.25, -0.2) is 0 Å². The number of aliphatic carboxylic acids is 2. The number of hydrogen-bond donors (Lipinski definition) is 2. The topological polar surface area (TPSA) is 74.6 Å². The van der Waals surface area contributed by atoms with E-state index >= 15 is 0 Å². The van der Waals surface area contributed by atoms with Gasteiger partial charge < -0.3 is 10.2 Å². The van der Waals surface area contributed by atoms with Gasteiger partial charge >= 0.3 is 11.9 Å². The Morgan fingerprint density at radius 1 is 0.909 bits per heavy atom. The average molecular weight is 162 g/mol. The third-order valence-electron chi connectivity index (χ3n) is 1.03. The summed E-state index contributed by atoms with van der Waals surface area (Å²) >= 11 is 0. The highest BCUT2D eigenvalue weighted by Crippen LogP contribution is 1.98. The minimum absolute atomic E-state index is 0. The lowest BCUT2D eigenvalue weighted by atomic mass is 10.2. The molecule has 0 spiro atoms. The van der Waals surface area contributed by atoms with Crippen molar-refractivity contribution in [2.24, 2.45) is 0 Å². The van der Waals surface area contributed by atoms with Gasteiger partial charge in [-0.15, -0.1) is 0 Å². The van der Waals surface area contributed by atoms with Crippen LogP contribution in [-0.2, 0) is 9.59 Å². The van der Waals surface area contributed by atoms with Crippen LogP contribution < -0.4 is 0 Å². The van der Waals surface area contributed by atoms with Crippen LogP contribution in [0.5, 0.6) is 0 Å². The van der Waals surface area contributed by atoms with Crippen molar-refractivity contribution in [3.05, 3.63) is 0 Å². The molecule has 0 saturated heterocycles. The quantitative estimate of drug-likeness (QED) is 0.598. The molecule has 0 heterocycles. The third-order valence-corrected chi connectivity index (χ3v) is 1.03. The van der Waals surface area contributed by atoms with E-state index in [9.17, 15) is 9.59 Å². The first-order valence-electron chi connectivity index (χ1n) is 3.06. The molecule has 4 heteroatoms. The number of rotatable bonds is 5. The summed E-state index contributed by atoms with van der Waals surface area (Å²) in [6.07, 6.45) is 1.02. The predicted octanol–water partition coefficient (Wildman–Crippen LogP) is 1.35. The zero-order chi connectivity index (χ0) is 7.98. The van der Waals surface area contributed by atoms with Gasteiger partial charge in [0.15, 0.2) is 0 Å². The summed E-state index contributed by atoms with van der Waals surface area (Å²) in [6.45, 7) is 0. The normalized spacial score (nSPS) is 8.36. The fourth-order valence-corrected chi connectivity index (χ4v) is 0.552. The lowest BCUT2D eigenvalue weighted by Crippen LogP contribution is -1.97. The standard InChI is InChI=1S/C6H10O4.CH4/c7-5(8)3-1-2-4-6(9)10;/h1-4H2,(H,7,8)(H,9,10);1H4. The molecule has 0 aromatic rings. The lowest BCUT2D eigenvalue weighted by molar-refractivity contribution is -0.139. The van der Waals surface area contributed by atoms with Crippen molar-refractivity contribution < 1.29 is 19.8 Å². The molecule has 66 valence electrons. The molecule has 2 N–H and O–H groups in total. The van der Waals surface area contributed by atoms with Crippen molar-refractivity contribution in [1.29, 1.82) is 0 Å². The summed E-state index contributed by atoms with van der Waals surface area (Å²) < 4.78 is 0. The Balaban J connectivity index is 0. The molecule has 0 unspecified atom stereocenters. The zero-order valence-corrected chi connectivity index (χ0v) is 5.54. The van der Waals surface area contributed by atoms with Crippen LogP contribution in [0.2, 0.25) is 0 Å². The van der Waals surface area contributed by atoms with Crippen LogP contribution in [0.25, 0.3) is 0 Å². The molecule has 0 aliphatic rings. The van der Waals surface area contributed by atoms with Gasteiger partial charge in [0.25, 0.3) is 0 Å². The highest BCUT2D eigenvalue weighted by molar-refractivity contribution is 5.67. The van der Waals surface area contributed by atoms with Crippen LogP contribution in [0.15, 0.2) is 0 Å². The van der Waals surface area contributed by atoms with E-state index in [4.69, 9.17) is 10.2 Å². The Labute approximate surface area is 65.8 Å². The minimum atomic E-state index is -0.870. The maximum atomic E-state index is 9.90. The fourth-order valence-electron chi connectivity index (χ4n) is 0.552. The van der Waals surface area contributed by atoms with Crippen LogP contribution in [-0.4, -0.2) is 22.2 Å². The zero-order valence-electron chi connectivity index (χ0n) is 5.54. The maximum Gasteiger partial charge on any atom is 0.303 e. The van der Waals surface area contributed by atoms with Crippen LogP contribution >= 0.6 is 0 Å². The van der Waals surface area contributed by atoms with Gasteiger partial charge in [0.2, 0.25) is 0 Å². The lowest BCUT2D eigenvalue weighted by Gasteiger charge is -1.92. The SMILES string of the molecule is C.O=C(O)CCCCC(=O)O. The van der Waals surface area contributed by atoms with Crippen molar-refractivity contribution in [2.75, 3.05) is 0 Å². The number of carbonyl (C=O) groups is 2. The third kappa shape index (κ3) is 12.2. The molecule has 4 nitrogen and oxygen atoms in total. The van der Waals surface area contributed by atoms with Gasteiger partial charge in [-0.2, -0.15) is 0 Å². The highest BCUT2D eigenvalue weighted by Gasteiger charge is 1.99. The molecular formula is C7H14O4. The van der Waals surface area contributed by atoms with Gasteiger partial charge in [-0.05, 0) is 12.8 Å². The Bertz CT molecular complexity index is 114. The van der Waals surface area contributed by atoms with E-state index in [1.54, 1.807) is 0 Å². The van der Waals surface area contributed by atoms with Gasteiger partial charge in [0.1, 0.15) is 0 Å². The Hall–Kier alpha value is -1.06. The summed E-state index contributed by atoms with van der Waals surface area (Å²) in [5.74, 6) is -1.74. The molecule has 0 amide bonds. The van der Waals surface area contributed by atoms with E-state index in [-0.39, 0.29) is 20.3 Å². The van der Waals surface area contributed by atoms with E-state index in [1.807, 2.05) is 0 Å². The summed E-state index contributed by atoms with van der Waals surface area (Å²) in [4.78, 5) is 19.8. The van der Waals surface area contributed by atoms with E-state index in [1.165, 1.54) is 0 Å². The second-order valence-corrected chi connectivity index (χ2v) is 1.99. The smallest absolute Gasteiger partial charge is 0.303 e. The van der Waals surface area contributed by atoms with E-state index in [0.717, 1.165) is 0 Å². The first-order chi connectivity index (χ1) is 4.63. The molecule has 0 aromatic carbocycles. The maximum absolute atomic E-state index is 9.90. The number of unbranched alkanes of at least 4 members (excludes halogenated alkanes) is 1. The Kier molecular flexibility index (Phi) is 8.08.